The molecule has 0 aliphatic carbocycles. The van der Waals surface area contributed by atoms with Gasteiger partial charge in [-0.25, -0.2) is 0 Å². The molecule has 0 bridgehead atoms. The van der Waals surface area contributed by atoms with E-state index in [4.69, 9.17) is 5.41 Å². The number of hydrogen-bond acceptors (Lipinski definition) is 6. The Morgan fingerprint density at radius 2 is 2.00 bits per heavy atom. The minimum atomic E-state index is -0.470. The summed E-state index contributed by atoms with van der Waals surface area (Å²) >= 11 is 1.34. The number of nitrogens with one attached hydrogen (secondary N) is 1. The Kier molecular flexibility index (Phi) is 6.03. The summed E-state index contributed by atoms with van der Waals surface area (Å²) in [5.41, 5.74) is 4.18. The summed E-state index contributed by atoms with van der Waals surface area (Å²) in [4.78, 5) is 27.8. The first-order chi connectivity index (χ1) is 15.7. The molecule has 10 heteroatoms. The van der Waals surface area contributed by atoms with Gasteiger partial charge in [-0.05, 0) is 68.6 Å². The minimum absolute atomic E-state index is 0.000307. The second-order valence-electron chi connectivity index (χ2n) is 8.01. The van der Waals surface area contributed by atoms with Gasteiger partial charge in [-0.2, -0.15) is 15.1 Å². The van der Waals surface area contributed by atoms with Gasteiger partial charge in [-0.15, -0.1) is 0 Å². The lowest BCUT2D eigenvalue weighted by Crippen LogP contribution is -2.35. The highest BCUT2D eigenvalue weighted by Crippen LogP contribution is 2.32. The zero-order valence-electron chi connectivity index (χ0n) is 18.9. The third-order valence-electron chi connectivity index (χ3n) is 5.66. The van der Waals surface area contributed by atoms with Gasteiger partial charge in [0.05, 0.1) is 16.2 Å². The molecular weight excluding hydrogens is 440 g/mol. The number of unbranched alkanes of at least 4 members (excludes halogenated alkanes) is 1. The number of nitro benzene ring substituents is 1. The number of amides is 1. The predicted octanol–water partition coefficient (Wildman–Crippen LogP) is 5.12. The summed E-state index contributed by atoms with van der Waals surface area (Å²) < 4.78 is 1.92. The summed E-state index contributed by atoms with van der Waals surface area (Å²) in [5, 5.41) is 27.0. The summed E-state index contributed by atoms with van der Waals surface area (Å²) in [6.07, 6.45) is 4.47. The molecule has 0 saturated carbocycles. The van der Waals surface area contributed by atoms with Crippen LogP contribution >= 0.6 is 11.8 Å². The van der Waals surface area contributed by atoms with Gasteiger partial charge in [0.1, 0.15) is 5.04 Å². The van der Waals surface area contributed by atoms with Crippen molar-refractivity contribution in [3.05, 3.63) is 62.5 Å². The number of carbonyl (C=O) groups excluding carboxylic acids is 1. The van der Waals surface area contributed by atoms with Crippen LogP contribution in [0.1, 0.15) is 48.7 Å². The maximum atomic E-state index is 12.7. The number of non-ortho nitro benzene ring substituents is 1. The van der Waals surface area contributed by atoms with Crippen molar-refractivity contribution in [2.75, 3.05) is 0 Å². The van der Waals surface area contributed by atoms with Crippen LogP contribution in [0, 0.1) is 36.3 Å². The third kappa shape index (κ3) is 4.13. The highest BCUT2D eigenvalue weighted by molar-refractivity contribution is 8.26. The van der Waals surface area contributed by atoms with E-state index in [-0.39, 0.29) is 17.1 Å². The molecule has 0 fully saturated rings. The summed E-state index contributed by atoms with van der Waals surface area (Å²) in [7, 11) is 0. The summed E-state index contributed by atoms with van der Waals surface area (Å²) in [6, 6.07) is 6.65. The molecule has 0 atom stereocenters. The second kappa shape index (κ2) is 8.78. The number of amidine groups is 2. The standard InChI is InChI=1S/C23H24N6O3S/c1-5-6-7-20-26-28-21(24)18(22(30)25-23(28)33-20)11-16-10-14(3)27(15(16)4)19-12-17(29(31)32)9-8-13(19)2/h8-12,24H,5-7H2,1-4H3. The fourth-order valence-corrected chi connectivity index (χ4v) is 4.80. The molecule has 2 aliphatic heterocycles. The van der Waals surface area contributed by atoms with Crippen LogP contribution in [0.2, 0.25) is 0 Å². The Morgan fingerprint density at radius 3 is 2.70 bits per heavy atom. The minimum Gasteiger partial charge on any atom is -0.317 e. The van der Waals surface area contributed by atoms with E-state index in [1.165, 1.54) is 22.8 Å². The zero-order chi connectivity index (χ0) is 23.9. The Morgan fingerprint density at radius 1 is 1.24 bits per heavy atom. The third-order valence-corrected chi connectivity index (χ3v) is 6.62. The van der Waals surface area contributed by atoms with Crippen molar-refractivity contribution in [2.45, 2.75) is 47.0 Å². The Balaban J connectivity index is 1.73. The fourth-order valence-electron chi connectivity index (χ4n) is 3.87. The number of aryl methyl sites for hydroxylation is 2. The lowest BCUT2D eigenvalue weighted by molar-refractivity contribution is -0.384. The van der Waals surface area contributed by atoms with Gasteiger partial charge < -0.3 is 4.57 Å². The van der Waals surface area contributed by atoms with Crippen LogP contribution in [0.4, 0.5) is 5.69 Å². The average Bonchev–Trinajstić information content (AvgIpc) is 3.30. The van der Waals surface area contributed by atoms with Crippen molar-refractivity contribution in [2.24, 2.45) is 10.1 Å². The largest absolute Gasteiger partial charge is 0.317 e. The quantitative estimate of drug-likeness (QED) is 0.362. The molecule has 1 aromatic carbocycles. The van der Waals surface area contributed by atoms with Crippen molar-refractivity contribution in [3.8, 4) is 5.69 Å². The van der Waals surface area contributed by atoms with Crippen molar-refractivity contribution < 1.29 is 9.72 Å². The van der Waals surface area contributed by atoms with Crippen molar-refractivity contribution in [3.63, 3.8) is 0 Å². The number of benzene rings is 1. The van der Waals surface area contributed by atoms with Crippen molar-refractivity contribution >= 4 is 45.5 Å². The zero-order valence-corrected chi connectivity index (χ0v) is 19.7. The van der Waals surface area contributed by atoms with Crippen molar-refractivity contribution in [1.82, 2.24) is 9.58 Å². The number of carbonyl (C=O) groups is 1. The molecule has 0 unspecified atom stereocenters. The summed E-state index contributed by atoms with van der Waals surface area (Å²) in [5.74, 6) is -0.470. The van der Waals surface area contributed by atoms with Gasteiger partial charge in [-0.3, -0.25) is 20.3 Å². The number of aliphatic imine (C=N–C) groups is 1. The number of aromatic nitrogens is 1. The molecule has 2 aliphatic rings. The Hall–Kier alpha value is -3.53. The first-order valence-electron chi connectivity index (χ1n) is 10.6. The molecule has 9 nitrogen and oxygen atoms in total. The highest BCUT2D eigenvalue weighted by Gasteiger charge is 2.35. The molecule has 0 saturated heterocycles. The molecule has 3 heterocycles. The topological polar surface area (TPSA) is 117 Å². The van der Waals surface area contributed by atoms with Crippen LogP contribution in [0.15, 0.2) is 39.9 Å². The van der Waals surface area contributed by atoms with E-state index in [1.807, 2.05) is 31.4 Å². The molecule has 4 rings (SSSR count). The van der Waals surface area contributed by atoms with Gasteiger partial charge >= 0.3 is 0 Å². The SMILES string of the molecule is CCCCC1=NN2C(=N)C(=Cc3cc(C)n(-c4cc([N+](=O)[O-])ccc4C)c3C)C(=O)N=C2S1. The number of rotatable bonds is 6. The lowest BCUT2D eigenvalue weighted by Gasteiger charge is -2.20. The lowest BCUT2D eigenvalue weighted by atomic mass is 10.1. The van der Waals surface area contributed by atoms with Crippen LogP contribution in [0.5, 0.6) is 0 Å². The average molecular weight is 465 g/mol. The van der Waals surface area contributed by atoms with E-state index in [1.54, 1.807) is 18.2 Å². The van der Waals surface area contributed by atoms with E-state index >= 15 is 0 Å². The Bertz CT molecular complexity index is 1290. The van der Waals surface area contributed by atoms with Crippen LogP contribution in [-0.2, 0) is 4.79 Å². The Labute approximate surface area is 195 Å². The van der Waals surface area contributed by atoms with Gasteiger partial charge in [-0.1, -0.05) is 19.4 Å². The van der Waals surface area contributed by atoms with Crippen molar-refractivity contribution in [1.29, 1.82) is 5.41 Å². The molecule has 1 N–H and O–H groups in total. The molecule has 1 aromatic heterocycles. The van der Waals surface area contributed by atoms with E-state index in [0.29, 0.717) is 10.9 Å². The number of nitro groups is 1. The molecule has 1 amide bonds. The monoisotopic (exact) mass is 464 g/mol. The molecule has 33 heavy (non-hydrogen) atoms. The second-order valence-corrected chi connectivity index (χ2v) is 9.05. The smallest absolute Gasteiger partial charge is 0.283 e. The maximum Gasteiger partial charge on any atom is 0.283 e. The van der Waals surface area contributed by atoms with Crippen LogP contribution in [-0.4, -0.2) is 36.5 Å². The molecule has 0 spiro atoms. The highest BCUT2D eigenvalue weighted by atomic mass is 32.2. The number of hydrogen-bond donors (Lipinski definition) is 1. The maximum absolute atomic E-state index is 12.7. The molecule has 170 valence electrons. The number of fused-ring (bicyclic) bond motifs is 1. The molecule has 2 aromatic rings. The molecule has 0 radical (unpaired) electrons. The van der Waals surface area contributed by atoms with Gasteiger partial charge in [0, 0.05) is 23.5 Å². The van der Waals surface area contributed by atoms with Crippen LogP contribution < -0.4 is 0 Å². The van der Waals surface area contributed by atoms with Crippen LogP contribution in [0.3, 0.4) is 0 Å². The van der Waals surface area contributed by atoms with Crippen LogP contribution in [0.25, 0.3) is 11.8 Å². The van der Waals surface area contributed by atoms with E-state index < -0.39 is 10.8 Å². The fraction of sp³-hybridized carbons (Fsp3) is 0.304. The van der Waals surface area contributed by atoms with E-state index in [2.05, 4.69) is 17.0 Å². The first-order valence-corrected chi connectivity index (χ1v) is 11.5. The number of thioether (sulfide) groups is 1. The number of nitrogens with zero attached hydrogens (tertiary/aromatic N) is 5. The van der Waals surface area contributed by atoms with Gasteiger partial charge in [0.2, 0.25) is 5.17 Å². The van der Waals surface area contributed by atoms with Gasteiger partial charge in [0.15, 0.2) is 5.84 Å². The van der Waals surface area contributed by atoms with E-state index in [9.17, 15) is 14.9 Å². The first kappa shape index (κ1) is 22.7. The molecular formula is C23H24N6O3S. The normalized spacial score (nSPS) is 16.8. The summed E-state index contributed by atoms with van der Waals surface area (Å²) in [6.45, 7) is 7.78. The predicted molar refractivity (Wildman–Crippen MR) is 131 cm³/mol. The van der Waals surface area contributed by atoms with E-state index in [0.717, 1.165) is 46.8 Å². The van der Waals surface area contributed by atoms with Gasteiger partial charge in [0.25, 0.3) is 11.6 Å². The number of hydrazone groups is 1.